The molecule has 0 fully saturated rings. The predicted molar refractivity (Wildman–Crippen MR) is 133 cm³/mol. The van der Waals surface area contributed by atoms with Crippen LogP contribution in [0.1, 0.15) is 28.2 Å². The molecule has 3 aromatic heterocycles. The van der Waals surface area contributed by atoms with E-state index in [1.54, 1.807) is 18.2 Å². The van der Waals surface area contributed by atoms with Crippen molar-refractivity contribution in [2.45, 2.75) is 36.7 Å². The van der Waals surface area contributed by atoms with Crippen molar-refractivity contribution in [2.24, 2.45) is 0 Å². The van der Waals surface area contributed by atoms with Crippen molar-refractivity contribution in [3.8, 4) is 22.9 Å². The number of hydrogen-bond acceptors (Lipinski definition) is 7. The summed E-state index contributed by atoms with van der Waals surface area (Å²) in [4.78, 5) is 25.5. The number of amides is 1. The van der Waals surface area contributed by atoms with Gasteiger partial charge in [0.15, 0.2) is 17.1 Å². The summed E-state index contributed by atoms with van der Waals surface area (Å²) in [5, 5.41) is 3.27. The third kappa shape index (κ3) is 6.03. The maximum Gasteiger partial charge on any atom is 0.388 e. The number of thioether (sulfide) groups is 1. The highest BCUT2D eigenvalue weighted by atomic mass is 32.2. The molecule has 1 aromatic carbocycles. The molecule has 0 saturated carbocycles. The minimum absolute atomic E-state index is 0.00608. The molecular formula is C26H19F5N4O3S. The van der Waals surface area contributed by atoms with Gasteiger partial charge in [-0.1, -0.05) is 11.8 Å². The third-order valence-electron chi connectivity index (χ3n) is 5.71. The molecule has 0 radical (unpaired) electrons. The van der Waals surface area contributed by atoms with Gasteiger partial charge in [-0.2, -0.15) is 8.78 Å². The number of halogens is 5. The lowest BCUT2D eigenvalue weighted by atomic mass is 10.1. The lowest BCUT2D eigenvalue weighted by Crippen LogP contribution is -2.23. The van der Waals surface area contributed by atoms with E-state index in [0.717, 1.165) is 17.8 Å². The molecule has 0 aliphatic carbocycles. The van der Waals surface area contributed by atoms with Crippen LogP contribution in [-0.2, 0) is 13.2 Å². The molecule has 1 unspecified atom stereocenters. The average molecular weight is 563 g/mol. The van der Waals surface area contributed by atoms with Gasteiger partial charge in [-0.15, -0.1) is 0 Å². The SMILES string of the molecule is O=C(NCc1cc2nc(-c3ccc(CF)nc3OC(F)F)ccc2cn1)c1cc(F)c2c(c1)SC(F)CCO2. The molecule has 4 aromatic rings. The normalized spacial score (nSPS) is 15.0. The highest BCUT2D eigenvalue weighted by molar-refractivity contribution is 7.99. The highest BCUT2D eigenvalue weighted by Gasteiger charge is 2.23. The monoisotopic (exact) mass is 562 g/mol. The Morgan fingerprint density at radius 1 is 1.15 bits per heavy atom. The summed E-state index contributed by atoms with van der Waals surface area (Å²) in [7, 11) is 0. The van der Waals surface area contributed by atoms with Crippen molar-refractivity contribution in [3.63, 3.8) is 0 Å². The fourth-order valence-electron chi connectivity index (χ4n) is 3.88. The number of carbonyl (C=O) groups excluding carboxylic acids is 1. The number of rotatable bonds is 7. The summed E-state index contributed by atoms with van der Waals surface area (Å²) in [5.41, 5.74) is -0.114. The molecule has 4 heterocycles. The maximum atomic E-state index is 14.5. The first kappa shape index (κ1) is 26.6. The minimum atomic E-state index is -3.16. The summed E-state index contributed by atoms with van der Waals surface area (Å²) in [6.45, 7) is -4.12. The van der Waals surface area contributed by atoms with Crippen LogP contribution in [0.4, 0.5) is 22.0 Å². The third-order valence-corrected chi connectivity index (χ3v) is 6.76. The number of hydrogen-bond donors (Lipinski definition) is 1. The van der Waals surface area contributed by atoms with Gasteiger partial charge in [-0.3, -0.25) is 9.78 Å². The number of fused-ring (bicyclic) bond motifs is 2. The number of nitrogens with one attached hydrogen (secondary N) is 1. The zero-order valence-electron chi connectivity index (χ0n) is 20.0. The van der Waals surface area contributed by atoms with E-state index >= 15 is 0 Å². The molecule has 202 valence electrons. The Kier molecular flexibility index (Phi) is 7.77. The van der Waals surface area contributed by atoms with Crippen molar-refractivity contribution in [1.29, 1.82) is 0 Å². The molecule has 1 aliphatic heterocycles. The number of benzene rings is 1. The lowest BCUT2D eigenvalue weighted by Gasteiger charge is -2.12. The number of pyridine rings is 3. The van der Waals surface area contributed by atoms with E-state index in [1.807, 2.05) is 0 Å². The Morgan fingerprint density at radius 2 is 2.00 bits per heavy atom. The average Bonchev–Trinajstić information content (AvgIpc) is 3.11. The van der Waals surface area contributed by atoms with Crippen molar-refractivity contribution in [3.05, 3.63) is 71.4 Å². The van der Waals surface area contributed by atoms with Crippen LogP contribution in [0.5, 0.6) is 11.6 Å². The number of ether oxygens (including phenoxy) is 2. The molecule has 0 saturated heterocycles. The van der Waals surface area contributed by atoms with Gasteiger partial charge in [0.2, 0.25) is 5.88 Å². The standard InChI is InChI=1S/C26H19F5N4O3S/c27-10-15-2-3-17(25(34-15)38-26(30)31)19-4-1-13-11-32-16(9-20(13)35-19)12-33-24(36)14-7-18(28)23-21(8-14)39-22(29)5-6-37-23/h1-4,7-9,11,22,26H,5-6,10,12H2,(H,33,36). The minimum Gasteiger partial charge on any atom is -0.489 e. The molecule has 13 heteroatoms. The van der Waals surface area contributed by atoms with E-state index in [1.165, 1.54) is 24.4 Å². The zero-order chi connectivity index (χ0) is 27.5. The van der Waals surface area contributed by atoms with Crippen molar-refractivity contribution in [1.82, 2.24) is 20.3 Å². The molecule has 1 N–H and O–H groups in total. The van der Waals surface area contributed by atoms with Gasteiger partial charge < -0.3 is 14.8 Å². The molecule has 39 heavy (non-hydrogen) atoms. The first-order valence-corrected chi connectivity index (χ1v) is 12.5. The van der Waals surface area contributed by atoms with Crippen LogP contribution in [0.25, 0.3) is 22.2 Å². The fourth-order valence-corrected chi connectivity index (χ4v) is 4.83. The van der Waals surface area contributed by atoms with Crippen LogP contribution in [0, 0.1) is 5.82 Å². The highest BCUT2D eigenvalue weighted by Crippen LogP contribution is 2.39. The largest absolute Gasteiger partial charge is 0.489 e. The Labute approximate surface area is 222 Å². The first-order chi connectivity index (χ1) is 18.8. The number of carbonyl (C=O) groups is 1. The van der Waals surface area contributed by atoms with Crippen LogP contribution in [0.2, 0.25) is 0 Å². The second kappa shape index (κ2) is 11.4. The summed E-state index contributed by atoms with van der Waals surface area (Å²) < 4.78 is 77.0. The van der Waals surface area contributed by atoms with Gasteiger partial charge in [0.25, 0.3) is 5.91 Å². The van der Waals surface area contributed by atoms with E-state index in [-0.39, 0.29) is 52.7 Å². The van der Waals surface area contributed by atoms with Crippen LogP contribution < -0.4 is 14.8 Å². The van der Waals surface area contributed by atoms with Gasteiger partial charge in [-0.25, -0.2) is 23.1 Å². The zero-order valence-corrected chi connectivity index (χ0v) is 20.8. The molecule has 1 amide bonds. The molecule has 0 spiro atoms. The second-order valence-electron chi connectivity index (χ2n) is 8.37. The van der Waals surface area contributed by atoms with Crippen LogP contribution in [0.15, 0.2) is 53.6 Å². The van der Waals surface area contributed by atoms with Crippen LogP contribution in [0.3, 0.4) is 0 Å². The van der Waals surface area contributed by atoms with Gasteiger partial charge in [0.1, 0.15) is 6.67 Å². The smallest absolute Gasteiger partial charge is 0.388 e. The second-order valence-corrected chi connectivity index (χ2v) is 9.55. The fraction of sp³-hybridized carbons (Fsp3) is 0.231. The molecule has 7 nitrogen and oxygen atoms in total. The van der Waals surface area contributed by atoms with Gasteiger partial charge in [0.05, 0.1) is 46.2 Å². The molecule has 1 atom stereocenters. The predicted octanol–water partition coefficient (Wildman–Crippen LogP) is 6.00. The lowest BCUT2D eigenvalue weighted by molar-refractivity contribution is -0.0525. The van der Waals surface area contributed by atoms with Gasteiger partial charge in [-0.05, 0) is 42.5 Å². The summed E-state index contributed by atoms with van der Waals surface area (Å²) in [6, 6.07) is 9.95. The number of aromatic nitrogens is 3. The van der Waals surface area contributed by atoms with Gasteiger partial charge >= 0.3 is 6.61 Å². The Bertz CT molecular complexity index is 1540. The van der Waals surface area contributed by atoms with E-state index in [2.05, 4.69) is 25.0 Å². The van der Waals surface area contributed by atoms with Crippen molar-refractivity contribution in [2.75, 3.05) is 6.61 Å². The molecule has 1 aliphatic rings. The molecular weight excluding hydrogens is 543 g/mol. The first-order valence-electron chi connectivity index (χ1n) is 11.6. The van der Waals surface area contributed by atoms with Crippen LogP contribution in [-0.4, -0.2) is 39.6 Å². The van der Waals surface area contributed by atoms with Crippen molar-refractivity contribution < 1.29 is 36.2 Å². The summed E-state index contributed by atoms with van der Waals surface area (Å²) in [5.74, 6) is -1.90. The topological polar surface area (TPSA) is 86.2 Å². The molecule has 0 bridgehead atoms. The van der Waals surface area contributed by atoms with E-state index in [4.69, 9.17) is 4.74 Å². The summed E-state index contributed by atoms with van der Waals surface area (Å²) >= 11 is 0.794. The van der Waals surface area contributed by atoms with Gasteiger partial charge in [0, 0.05) is 23.6 Å². The van der Waals surface area contributed by atoms with E-state index in [0.29, 0.717) is 16.6 Å². The Morgan fingerprint density at radius 3 is 2.79 bits per heavy atom. The number of alkyl halides is 4. The van der Waals surface area contributed by atoms with Crippen LogP contribution >= 0.6 is 11.8 Å². The quantitative estimate of drug-likeness (QED) is 0.277. The van der Waals surface area contributed by atoms with Crippen molar-refractivity contribution >= 4 is 28.6 Å². The number of nitrogens with zero attached hydrogens (tertiary/aromatic N) is 3. The maximum absolute atomic E-state index is 14.5. The molecule has 5 rings (SSSR count). The van der Waals surface area contributed by atoms with E-state index < -0.39 is 36.4 Å². The van der Waals surface area contributed by atoms with E-state index in [9.17, 15) is 26.7 Å². The Balaban J connectivity index is 1.36. The Hall–Kier alpha value is -4.00. The summed E-state index contributed by atoms with van der Waals surface area (Å²) in [6.07, 6.45) is 1.62.